The first-order valence-corrected chi connectivity index (χ1v) is 14.0. The van der Waals surface area contributed by atoms with Gasteiger partial charge in [-0.3, -0.25) is 24.6 Å². The molecule has 0 unspecified atom stereocenters. The van der Waals surface area contributed by atoms with Crippen molar-refractivity contribution in [2.24, 2.45) is 5.41 Å². The molecule has 1 atom stereocenters. The van der Waals surface area contributed by atoms with Crippen LogP contribution in [0.15, 0.2) is 48.0 Å². The molecule has 0 bridgehead atoms. The summed E-state index contributed by atoms with van der Waals surface area (Å²) in [5.74, 6) is 3.87. The Hall–Kier alpha value is -4.00. The number of imide groups is 1. The van der Waals surface area contributed by atoms with Gasteiger partial charge in [0.1, 0.15) is 5.41 Å². The van der Waals surface area contributed by atoms with Crippen molar-refractivity contribution in [3.63, 3.8) is 0 Å². The number of halogens is 1. The summed E-state index contributed by atoms with van der Waals surface area (Å²) in [6, 6.07) is 11.1. The molecular formula is C32H35FN4O4. The van der Waals surface area contributed by atoms with Crippen molar-refractivity contribution in [2.45, 2.75) is 33.4 Å². The highest BCUT2D eigenvalue weighted by Crippen LogP contribution is 2.42. The highest BCUT2D eigenvalue weighted by Gasteiger charge is 2.48. The molecule has 1 N–H and O–H groups in total. The van der Waals surface area contributed by atoms with Crippen molar-refractivity contribution in [3.05, 3.63) is 76.1 Å². The number of carbonyl (C=O) groups excluding carboxylic acids is 3. The zero-order valence-electron chi connectivity index (χ0n) is 23.8. The second kappa shape index (κ2) is 11.9. The number of likely N-dealkylation sites (N-methyl/N-ethyl adjacent to an activating group) is 1. The lowest BCUT2D eigenvalue weighted by Crippen LogP contribution is -2.49. The van der Waals surface area contributed by atoms with Crippen molar-refractivity contribution >= 4 is 17.7 Å². The third-order valence-corrected chi connectivity index (χ3v) is 8.03. The maximum absolute atomic E-state index is 15.0. The highest BCUT2D eigenvalue weighted by atomic mass is 19.1. The molecule has 3 aliphatic rings. The first-order valence-electron chi connectivity index (χ1n) is 14.0. The van der Waals surface area contributed by atoms with Gasteiger partial charge in [0, 0.05) is 51.8 Å². The van der Waals surface area contributed by atoms with Gasteiger partial charge in [0.15, 0.2) is 11.6 Å². The van der Waals surface area contributed by atoms with Gasteiger partial charge in [0.25, 0.3) is 11.8 Å². The molecule has 1 aliphatic carbocycles. The van der Waals surface area contributed by atoms with Crippen LogP contribution in [-0.2, 0) is 22.7 Å². The first-order chi connectivity index (χ1) is 19.7. The van der Waals surface area contributed by atoms with Gasteiger partial charge in [0.2, 0.25) is 5.91 Å². The highest BCUT2D eigenvalue weighted by molar-refractivity contribution is 6.03. The number of benzene rings is 2. The standard InChI is InChI=1S/C32H35FN4O4/c1-4-35-15-17-36(18-16-35)19-24-7-5-23(6-8-24)13-14-32(26-10-11-26,31(40)34-22(2)38)21-37-20-25-9-12-27(41-3)29(33)28(25)30(37)39/h5-10,12H,4,11,15-21H2,1-3H3,(H,34,38,40)/t32-/m0/s1. The van der Waals surface area contributed by atoms with E-state index >= 15 is 0 Å². The van der Waals surface area contributed by atoms with Crippen LogP contribution in [0.1, 0.15) is 47.3 Å². The van der Waals surface area contributed by atoms with Crippen molar-refractivity contribution in [3.8, 4) is 17.6 Å². The summed E-state index contributed by atoms with van der Waals surface area (Å²) in [5, 5.41) is 2.38. The van der Waals surface area contributed by atoms with E-state index in [1.54, 1.807) is 6.07 Å². The maximum atomic E-state index is 15.0. The molecule has 2 aromatic carbocycles. The number of hydrogen-bond donors (Lipinski definition) is 1. The zero-order valence-corrected chi connectivity index (χ0v) is 23.8. The Morgan fingerprint density at radius 1 is 1.07 bits per heavy atom. The van der Waals surface area contributed by atoms with Crippen LogP contribution in [0.4, 0.5) is 4.39 Å². The molecule has 41 heavy (non-hydrogen) atoms. The molecule has 0 radical (unpaired) electrons. The summed E-state index contributed by atoms with van der Waals surface area (Å²) in [5.41, 5.74) is 1.64. The van der Waals surface area contributed by atoms with E-state index in [-0.39, 0.29) is 24.4 Å². The van der Waals surface area contributed by atoms with Crippen LogP contribution in [0, 0.1) is 23.1 Å². The van der Waals surface area contributed by atoms with Crippen molar-refractivity contribution in [1.82, 2.24) is 20.0 Å². The van der Waals surface area contributed by atoms with E-state index in [2.05, 4.69) is 33.9 Å². The molecule has 3 amide bonds. The zero-order chi connectivity index (χ0) is 29.1. The Labute approximate surface area is 240 Å². The minimum absolute atomic E-state index is 0.0177. The Bertz CT molecular complexity index is 1450. The Morgan fingerprint density at radius 2 is 1.76 bits per heavy atom. The van der Waals surface area contributed by atoms with E-state index < -0.39 is 29.0 Å². The van der Waals surface area contributed by atoms with Crippen LogP contribution >= 0.6 is 0 Å². The summed E-state index contributed by atoms with van der Waals surface area (Å²) >= 11 is 0. The number of fused-ring (bicyclic) bond motifs is 1. The lowest BCUT2D eigenvalue weighted by atomic mass is 9.83. The van der Waals surface area contributed by atoms with Crippen LogP contribution in [-0.4, -0.2) is 78.8 Å². The molecule has 2 heterocycles. The van der Waals surface area contributed by atoms with Crippen LogP contribution in [0.5, 0.6) is 5.75 Å². The normalized spacial score (nSPS) is 18.1. The summed E-state index contributed by atoms with van der Waals surface area (Å²) in [6.45, 7) is 9.63. The van der Waals surface area contributed by atoms with Crippen molar-refractivity contribution in [1.29, 1.82) is 0 Å². The molecule has 9 heteroatoms. The van der Waals surface area contributed by atoms with Crippen LogP contribution in [0.2, 0.25) is 0 Å². The lowest BCUT2D eigenvalue weighted by molar-refractivity contribution is -0.133. The molecule has 0 spiro atoms. The SMILES string of the molecule is CCN1CCN(Cc2ccc(C#C[C@@](CN3Cc4ccc(OC)c(F)c4C3=O)(C(=O)NC(C)=O)C3=CC3)cc2)CC1. The third kappa shape index (κ3) is 6.04. The van der Waals surface area contributed by atoms with Crippen LogP contribution < -0.4 is 10.1 Å². The molecule has 1 saturated heterocycles. The van der Waals surface area contributed by atoms with Gasteiger partial charge in [-0.05, 0) is 47.9 Å². The van der Waals surface area contributed by atoms with Gasteiger partial charge in [-0.15, -0.1) is 0 Å². The maximum Gasteiger partial charge on any atom is 0.257 e. The van der Waals surface area contributed by atoms with E-state index in [4.69, 9.17) is 4.74 Å². The van der Waals surface area contributed by atoms with Crippen LogP contribution in [0.25, 0.3) is 0 Å². The Morgan fingerprint density at radius 3 is 2.37 bits per heavy atom. The van der Waals surface area contributed by atoms with Crippen molar-refractivity contribution in [2.75, 3.05) is 46.4 Å². The number of nitrogens with zero attached hydrogens (tertiary/aromatic N) is 3. The second-order valence-corrected chi connectivity index (χ2v) is 10.8. The number of methoxy groups -OCH3 is 1. The average Bonchev–Trinajstić information content (AvgIpc) is 3.77. The molecule has 5 rings (SSSR count). The molecule has 1 fully saturated rings. The van der Waals surface area contributed by atoms with Gasteiger partial charge in [0.05, 0.1) is 19.2 Å². The van der Waals surface area contributed by atoms with Gasteiger partial charge < -0.3 is 14.5 Å². The topological polar surface area (TPSA) is 82.2 Å². The fourth-order valence-electron chi connectivity index (χ4n) is 5.52. The summed E-state index contributed by atoms with van der Waals surface area (Å²) in [6.07, 6.45) is 2.41. The number of amides is 3. The molecular weight excluding hydrogens is 523 g/mol. The van der Waals surface area contributed by atoms with E-state index in [1.165, 1.54) is 30.6 Å². The smallest absolute Gasteiger partial charge is 0.257 e. The number of nitrogens with one attached hydrogen (secondary N) is 1. The molecule has 2 aromatic rings. The van der Waals surface area contributed by atoms with E-state index in [0.29, 0.717) is 12.0 Å². The van der Waals surface area contributed by atoms with E-state index in [9.17, 15) is 18.8 Å². The van der Waals surface area contributed by atoms with E-state index in [1.807, 2.05) is 30.3 Å². The van der Waals surface area contributed by atoms with Gasteiger partial charge >= 0.3 is 0 Å². The number of hydrogen-bond acceptors (Lipinski definition) is 6. The predicted molar refractivity (Wildman–Crippen MR) is 152 cm³/mol. The second-order valence-electron chi connectivity index (χ2n) is 10.8. The summed E-state index contributed by atoms with van der Waals surface area (Å²) in [4.78, 5) is 45.0. The van der Waals surface area contributed by atoms with Crippen LogP contribution in [0.3, 0.4) is 0 Å². The quantitative estimate of drug-likeness (QED) is 0.397. The molecule has 2 aliphatic heterocycles. The fraction of sp³-hybridized carbons (Fsp3) is 0.406. The molecule has 214 valence electrons. The van der Waals surface area contributed by atoms with Gasteiger partial charge in [-0.25, -0.2) is 4.39 Å². The van der Waals surface area contributed by atoms with E-state index in [0.717, 1.165) is 50.4 Å². The number of carbonyl (C=O) groups is 3. The number of piperazine rings is 1. The lowest BCUT2D eigenvalue weighted by Gasteiger charge is -2.34. The minimum Gasteiger partial charge on any atom is -0.494 e. The summed E-state index contributed by atoms with van der Waals surface area (Å²) in [7, 11) is 1.34. The molecule has 8 nitrogen and oxygen atoms in total. The third-order valence-electron chi connectivity index (χ3n) is 8.03. The fourth-order valence-corrected chi connectivity index (χ4v) is 5.52. The van der Waals surface area contributed by atoms with Crippen molar-refractivity contribution < 1.29 is 23.5 Å². The number of allylic oxidation sites excluding steroid dienone is 1. The monoisotopic (exact) mass is 558 g/mol. The van der Waals surface area contributed by atoms with Gasteiger partial charge in [-0.1, -0.05) is 43.0 Å². The minimum atomic E-state index is -1.44. The first kappa shape index (κ1) is 28.5. The predicted octanol–water partition coefficient (Wildman–Crippen LogP) is 2.96. The Balaban J connectivity index is 1.38. The molecule has 0 saturated carbocycles. The number of ether oxygens (including phenoxy) is 1. The summed E-state index contributed by atoms with van der Waals surface area (Å²) < 4.78 is 20.0. The number of rotatable bonds is 8. The Kier molecular flexibility index (Phi) is 8.25. The van der Waals surface area contributed by atoms with Gasteiger partial charge in [-0.2, -0.15) is 0 Å². The molecule has 0 aromatic heterocycles. The largest absolute Gasteiger partial charge is 0.494 e. The average molecular weight is 559 g/mol.